The zero-order valence-electron chi connectivity index (χ0n) is 13.4. The van der Waals surface area contributed by atoms with Gasteiger partial charge in [-0.15, -0.1) is 0 Å². The van der Waals surface area contributed by atoms with Crippen molar-refractivity contribution in [1.29, 1.82) is 0 Å². The third-order valence-electron chi connectivity index (χ3n) is 3.24. The Labute approximate surface area is 133 Å². The van der Waals surface area contributed by atoms with Crippen LogP contribution in [-0.2, 0) is 0 Å². The van der Waals surface area contributed by atoms with Crippen molar-refractivity contribution in [2.24, 2.45) is 5.92 Å². The second kappa shape index (κ2) is 8.98. The Kier molecular flexibility index (Phi) is 6.62. The van der Waals surface area contributed by atoms with Crippen LogP contribution in [0.3, 0.4) is 0 Å². The maximum atomic E-state index is 5.76. The molecular formula is C19H25NO2. The molecule has 0 aromatic heterocycles. The van der Waals surface area contributed by atoms with E-state index in [0.717, 1.165) is 36.8 Å². The topological polar surface area (TPSA) is 30.5 Å². The van der Waals surface area contributed by atoms with Gasteiger partial charge in [-0.2, -0.15) is 0 Å². The van der Waals surface area contributed by atoms with Gasteiger partial charge in [0.05, 0.1) is 6.61 Å². The van der Waals surface area contributed by atoms with Gasteiger partial charge in [0.25, 0.3) is 0 Å². The van der Waals surface area contributed by atoms with Crippen LogP contribution in [0.15, 0.2) is 54.6 Å². The minimum atomic E-state index is 0.627. The molecule has 0 fully saturated rings. The maximum Gasteiger partial charge on any atom is 0.121 e. The van der Waals surface area contributed by atoms with Gasteiger partial charge in [-0.25, -0.2) is 0 Å². The summed E-state index contributed by atoms with van der Waals surface area (Å²) in [6, 6.07) is 17.9. The van der Waals surface area contributed by atoms with Crippen molar-refractivity contribution in [3.63, 3.8) is 0 Å². The molecule has 2 aromatic rings. The molecule has 3 heteroatoms. The lowest BCUT2D eigenvalue weighted by Crippen LogP contribution is -2.11. The molecular weight excluding hydrogens is 274 g/mol. The van der Waals surface area contributed by atoms with Gasteiger partial charge in [-0.05, 0) is 36.6 Å². The Morgan fingerprint density at radius 1 is 0.864 bits per heavy atom. The first-order valence-electron chi connectivity index (χ1n) is 7.88. The molecule has 3 nitrogen and oxygen atoms in total. The summed E-state index contributed by atoms with van der Waals surface area (Å²) in [5.74, 6) is 2.47. The molecule has 0 bridgehead atoms. The van der Waals surface area contributed by atoms with Gasteiger partial charge < -0.3 is 14.8 Å². The third kappa shape index (κ3) is 6.08. The predicted molar refractivity (Wildman–Crippen MR) is 91.8 cm³/mol. The van der Waals surface area contributed by atoms with Crippen LogP contribution < -0.4 is 14.8 Å². The maximum absolute atomic E-state index is 5.76. The van der Waals surface area contributed by atoms with E-state index in [1.54, 1.807) is 0 Å². The molecule has 1 N–H and O–H groups in total. The monoisotopic (exact) mass is 299 g/mol. The molecule has 0 atom stereocenters. The molecule has 0 spiro atoms. The van der Waals surface area contributed by atoms with Gasteiger partial charge in [0.2, 0.25) is 0 Å². The van der Waals surface area contributed by atoms with Gasteiger partial charge in [-0.1, -0.05) is 38.1 Å². The van der Waals surface area contributed by atoms with E-state index in [1.165, 1.54) is 0 Å². The number of hydrogen-bond donors (Lipinski definition) is 1. The van der Waals surface area contributed by atoms with Gasteiger partial charge in [0.15, 0.2) is 0 Å². The summed E-state index contributed by atoms with van der Waals surface area (Å²) in [5.41, 5.74) is 1.05. The Bertz CT molecular complexity index is 540. The van der Waals surface area contributed by atoms with Crippen LogP contribution in [0.2, 0.25) is 0 Å². The minimum absolute atomic E-state index is 0.627. The summed E-state index contributed by atoms with van der Waals surface area (Å²) in [4.78, 5) is 0. The van der Waals surface area contributed by atoms with Crippen LogP contribution in [0.1, 0.15) is 20.3 Å². The normalized spacial score (nSPS) is 10.5. The fourth-order valence-corrected chi connectivity index (χ4v) is 1.99. The largest absolute Gasteiger partial charge is 0.494 e. The summed E-state index contributed by atoms with van der Waals surface area (Å²) in [6.07, 6.45) is 1.07. The third-order valence-corrected chi connectivity index (χ3v) is 3.24. The van der Waals surface area contributed by atoms with Crippen molar-refractivity contribution in [2.75, 3.05) is 25.1 Å². The molecule has 0 aliphatic heterocycles. The first-order valence-corrected chi connectivity index (χ1v) is 7.88. The molecule has 22 heavy (non-hydrogen) atoms. The average Bonchev–Trinajstić information content (AvgIpc) is 2.53. The first-order chi connectivity index (χ1) is 10.7. The number of anilines is 1. The van der Waals surface area contributed by atoms with E-state index in [1.807, 2.05) is 54.6 Å². The molecule has 0 saturated carbocycles. The minimum Gasteiger partial charge on any atom is -0.494 e. The summed E-state index contributed by atoms with van der Waals surface area (Å²) >= 11 is 0. The first kappa shape index (κ1) is 16.2. The summed E-state index contributed by atoms with van der Waals surface area (Å²) in [6.45, 7) is 6.55. The van der Waals surface area contributed by atoms with Gasteiger partial charge in [-0.3, -0.25) is 0 Å². The van der Waals surface area contributed by atoms with Gasteiger partial charge >= 0.3 is 0 Å². The predicted octanol–water partition coefficient (Wildman–Crippen LogP) is 4.60. The second-order valence-corrected chi connectivity index (χ2v) is 5.65. The van der Waals surface area contributed by atoms with Crippen molar-refractivity contribution < 1.29 is 9.47 Å². The molecule has 2 rings (SSSR count). The van der Waals surface area contributed by atoms with Crippen LogP contribution in [0.5, 0.6) is 11.5 Å². The molecule has 0 saturated heterocycles. The number of benzene rings is 2. The fourth-order valence-electron chi connectivity index (χ4n) is 1.99. The number of para-hydroxylation sites is 1. The number of hydrogen-bond acceptors (Lipinski definition) is 3. The van der Waals surface area contributed by atoms with Gasteiger partial charge in [0, 0.05) is 18.3 Å². The fraction of sp³-hybridized carbons (Fsp3) is 0.368. The highest BCUT2D eigenvalue weighted by molar-refractivity contribution is 5.48. The van der Waals surface area contributed by atoms with E-state index >= 15 is 0 Å². The summed E-state index contributed by atoms with van der Waals surface area (Å²) in [5, 5.41) is 3.35. The molecule has 0 unspecified atom stereocenters. The van der Waals surface area contributed by atoms with Crippen LogP contribution in [-0.4, -0.2) is 19.8 Å². The quantitative estimate of drug-likeness (QED) is 0.686. The number of rotatable bonds is 9. The van der Waals surface area contributed by atoms with E-state index in [2.05, 4.69) is 19.2 Å². The van der Waals surface area contributed by atoms with E-state index in [-0.39, 0.29) is 0 Å². The van der Waals surface area contributed by atoms with Crippen LogP contribution >= 0.6 is 0 Å². The highest BCUT2D eigenvalue weighted by atomic mass is 16.5. The van der Waals surface area contributed by atoms with E-state index in [0.29, 0.717) is 12.5 Å². The SMILES string of the molecule is CC(C)CCOc1cccc(NCCOc2ccccc2)c1. The smallest absolute Gasteiger partial charge is 0.121 e. The molecule has 0 radical (unpaired) electrons. The number of nitrogens with one attached hydrogen (secondary N) is 1. The summed E-state index contributed by atoms with van der Waals surface area (Å²) in [7, 11) is 0. The van der Waals surface area contributed by atoms with Gasteiger partial charge in [0.1, 0.15) is 18.1 Å². The molecule has 0 aliphatic carbocycles. The summed E-state index contributed by atoms with van der Waals surface area (Å²) < 4.78 is 11.4. The van der Waals surface area contributed by atoms with E-state index < -0.39 is 0 Å². The average molecular weight is 299 g/mol. The van der Waals surface area contributed by atoms with Crippen molar-refractivity contribution in [3.8, 4) is 11.5 Å². The van der Waals surface area contributed by atoms with Crippen LogP contribution in [0.25, 0.3) is 0 Å². The zero-order chi connectivity index (χ0) is 15.6. The van der Waals surface area contributed by atoms with E-state index in [4.69, 9.17) is 9.47 Å². The molecule has 0 aliphatic rings. The second-order valence-electron chi connectivity index (χ2n) is 5.65. The molecule has 2 aromatic carbocycles. The Balaban J connectivity index is 1.71. The highest BCUT2D eigenvalue weighted by Gasteiger charge is 1.99. The van der Waals surface area contributed by atoms with Crippen molar-refractivity contribution in [2.45, 2.75) is 20.3 Å². The Morgan fingerprint density at radius 2 is 1.59 bits per heavy atom. The van der Waals surface area contributed by atoms with Crippen molar-refractivity contribution >= 4 is 5.69 Å². The van der Waals surface area contributed by atoms with Crippen molar-refractivity contribution in [1.82, 2.24) is 0 Å². The van der Waals surface area contributed by atoms with Crippen LogP contribution in [0, 0.1) is 5.92 Å². The Hall–Kier alpha value is -2.16. The molecule has 0 heterocycles. The Morgan fingerprint density at radius 3 is 2.36 bits per heavy atom. The highest BCUT2D eigenvalue weighted by Crippen LogP contribution is 2.18. The lowest BCUT2D eigenvalue weighted by molar-refractivity contribution is 0.289. The lowest BCUT2D eigenvalue weighted by atomic mass is 10.1. The van der Waals surface area contributed by atoms with E-state index in [9.17, 15) is 0 Å². The standard InChI is InChI=1S/C19H25NO2/c1-16(2)11-13-21-19-10-6-7-17(15-19)20-12-14-22-18-8-4-3-5-9-18/h3-10,15-16,20H,11-14H2,1-2H3. The number of ether oxygens (including phenoxy) is 2. The zero-order valence-corrected chi connectivity index (χ0v) is 13.4. The molecule has 118 valence electrons. The van der Waals surface area contributed by atoms with Crippen LogP contribution in [0.4, 0.5) is 5.69 Å². The van der Waals surface area contributed by atoms with Crippen molar-refractivity contribution in [3.05, 3.63) is 54.6 Å². The lowest BCUT2D eigenvalue weighted by Gasteiger charge is -2.11. The molecule has 0 amide bonds.